The summed E-state index contributed by atoms with van der Waals surface area (Å²) >= 11 is 0. The first-order chi connectivity index (χ1) is 8.59. The molecule has 1 fully saturated rings. The van der Waals surface area contributed by atoms with E-state index in [4.69, 9.17) is 0 Å². The molecule has 0 unspecified atom stereocenters. The van der Waals surface area contributed by atoms with Crippen LogP contribution in [0.1, 0.15) is 10.4 Å². The Morgan fingerprint density at radius 2 is 1.89 bits per heavy atom. The van der Waals surface area contributed by atoms with E-state index >= 15 is 0 Å². The van der Waals surface area contributed by atoms with Gasteiger partial charge in [-0.2, -0.15) is 0 Å². The fourth-order valence-electron chi connectivity index (χ4n) is 2.08. The lowest BCUT2D eigenvalue weighted by atomic mass is 10.2. The fourth-order valence-corrected chi connectivity index (χ4v) is 2.08. The molecule has 5 nitrogen and oxygen atoms in total. The molecule has 2 rings (SSSR count). The minimum absolute atomic E-state index is 0. The van der Waals surface area contributed by atoms with E-state index in [2.05, 4.69) is 21.8 Å². The molecule has 0 atom stereocenters. The van der Waals surface area contributed by atoms with E-state index in [0.717, 1.165) is 32.0 Å². The van der Waals surface area contributed by atoms with Gasteiger partial charge in [-0.3, -0.25) is 4.79 Å². The highest BCUT2D eigenvalue weighted by Gasteiger charge is 2.21. The molecule has 0 saturated carbocycles. The highest BCUT2D eigenvalue weighted by molar-refractivity contribution is 5.98. The van der Waals surface area contributed by atoms with E-state index in [-0.39, 0.29) is 18.3 Å². The van der Waals surface area contributed by atoms with Gasteiger partial charge >= 0.3 is 0 Å². The largest absolute Gasteiger partial charge is 0.353 e. The fraction of sp³-hybridized carbons (Fsp3) is 0.538. The molecule has 0 N–H and O–H groups in total. The standard InChI is InChI=1S/C13H20N4O.ClH/c1-15(2)13(18)11-5-4-6-14-12(11)17-9-7-16(3)8-10-17;/h4-6H,7-10H2,1-3H3;1H. The van der Waals surface area contributed by atoms with Gasteiger partial charge in [-0.15, -0.1) is 12.4 Å². The first-order valence-electron chi connectivity index (χ1n) is 6.20. The van der Waals surface area contributed by atoms with Crippen molar-refractivity contribution in [3.05, 3.63) is 23.9 Å². The smallest absolute Gasteiger partial charge is 0.257 e. The van der Waals surface area contributed by atoms with Gasteiger partial charge < -0.3 is 14.7 Å². The van der Waals surface area contributed by atoms with E-state index in [1.165, 1.54) is 0 Å². The van der Waals surface area contributed by atoms with Gasteiger partial charge in [0.05, 0.1) is 5.56 Å². The number of piperazine rings is 1. The second-order valence-electron chi connectivity index (χ2n) is 4.86. The summed E-state index contributed by atoms with van der Waals surface area (Å²) in [5, 5.41) is 0. The number of nitrogens with zero attached hydrogens (tertiary/aromatic N) is 4. The van der Waals surface area contributed by atoms with Crippen molar-refractivity contribution in [1.82, 2.24) is 14.8 Å². The minimum atomic E-state index is 0. The van der Waals surface area contributed by atoms with Gasteiger partial charge in [0.15, 0.2) is 0 Å². The molecule has 2 heterocycles. The van der Waals surface area contributed by atoms with Crippen LogP contribution in [0.3, 0.4) is 0 Å². The van der Waals surface area contributed by atoms with Crippen molar-refractivity contribution in [3.63, 3.8) is 0 Å². The number of halogens is 1. The van der Waals surface area contributed by atoms with Gasteiger partial charge in [0.2, 0.25) is 0 Å². The van der Waals surface area contributed by atoms with Crippen LogP contribution in [-0.2, 0) is 0 Å². The minimum Gasteiger partial charge on any atom is -0.353 e. The van der Waals surface area contributed by atoms with Crippen molar-refractivity contribution in [2.75, 3.05) is 52.2 Å². The Balaban J connectivity index is 0.00000180. The molecular formula is C13H21ClN4O. The molecule has 1 aliphatic rings. The molecule has 19 heavy (non-hydrogen) atoms. The summed E-state index contributed by atoms with van der Waals surface area (Å²) in [5.41, 5.74) is 0.687. The molecule has 1 saturated heterocycles. The first kappa shape index (κ1) is 15.7. The van der Waals surface area contributed by atoms with Crippen LogP contribution in [0.25, 0.3) is 0 Å². The van der Waals surface area contributed by atoms with Crippen molar-refractivity contribution >= 4 is 24.1 Å². The predicted molar refractivity (Wildman–Crippen MR) is 79.2 cm³/mol. The number of carbonyl (C=O) groups is 1. The monoisotopic (exact) mass is 284 g/mol. The Labute approximate surface area is 120 Å². The third kappa shape index (κ3) is 3.58. The number of pyridine rings is 1. The van der Waals surface area contributed by atoms with Crippen LogP contribution in [-0.4, -0.2) is 68.0 Å². The molecule has 1 aromatic heterocycles. The Kier molecular flexibility index (Phi) is 5.57. The molecule has 0 radical (unpaired) electrons. The second kappa shape index (κ2) is 6.73. The molecule has 6 heteroatoms. The summed E-state index contributed by atoms with van der Waals surface area (Å²) in [6.45, 7) is 3.85. The summed E-state index contributed by atoms with van der Waals surface area (Å²) in [4.78, 5) is 22.6. The Hall–Kier alpha value is -1.33. The predicted octanol–water partition coefficient (Wildman–Crippen LogP) is 0.957. The number of aromatic nitrogens is 1. The topological polar surface area (TPSA) is 39.7 Å². The Bertz CT molecular complexity index is 430. The summed E-state index contributed by atoms with van der Waals surface area (Å²) < 4.78 is 0. The summed E-state index contributed by atoms with van der Waals surface area (Å²) in [6.07, 6.45) is 1.75. The highest BCUT2D eigenvalue weighted by Crippen LogP contribution is 2.19. The van der Waals surface area contributed by atoms with Crippen LogP contribution >= 0.6 is 12.4 Å². The van der Waals surface area contributed by atoms with Gasteiger partial charge in [0.1, 0.15) is 5.82 Å². The lowest BCUT2D eigenvalue weighted by molar-refractivity contribution is 0.0827. The average molecular weight is 285 g/mol. The number of carbonyl (C=O) groups excluding carboxylic acids is 1. The van der Waals surface area contributed by atoms with E-state index in [0.29, 0.717) is 5.56 Å². The molecule has 106 valence electrons. The van der Waals surface area contributed by atoms with E-state index in [1.807, 2.05) is 12.1 Å². The number of hydrogen-bond acceptors (Lipinski definition) is 4. The van der Waals surface area contributed by atoms with E-state index in [9.17, 15) is 4.79 Å². The number of amides is 1. The quantitative estimate of drug-likeness (QED) is 0.811. The van der Waals surface area contributed by atoms with Crippen molar-refractivity contribution in [3.8, 4) is 0 Å². The number of hydrogen-bond donors (Lipinski definition) is 0. The normalized spacial score (nSPS) is 15.8. The molecule has 1 aromatic rings. The van der Waals surface area contributed by atoms with Crippen LogP contribution in [0.4, 0.5) is 5.82 Å². The lowest BCUT2D eigenvalue weighted by Crippen LogP contribution is -2.45. The maximum atomic E-state index is 12.1. The van der Waals surface area contributed by atoms with Crippen molar-refractivity contribution in [2.45, 2.75) is 0 Å². The molecule has 0 aliphatic carbocycles. The first-order valence-corrected chi connectivity index (χ1v) is 6.20. The maximum absolute atomic E-state index is 12.1. The molecule has 0 spiro atoms. The lowest BCUT2D eigenvalue weighted by Gasteiger charge is -2.34. The van der Waals surface area contributed by atoms with Gasteiger partial charge in [0.25, 0.3) is 5.91 Å². The molecule has 0 bridgehead atoms. The Morgan fingerprint density at radius 1 is 1.26 bits per heavy atom. The SMILES string of the molecule is CN1CCN(c2ncccc2C(=O)N(C)C)CC1.Cl. The molecular weight excluding hydrogens is 264 g/mol. The van der Waals surface area contributed by atoms with Gasteiger partial charge in [-0.25, -0.2) is 4.98 Å². The van der Waals surface area contributed by atoms with Crippen molar-refractivity contribution in [1.29, 1.82) is 0 Å². The summed E-state index contributed by atoms with van der Waals surface area (Å²) in [7, 11) is 5.65. The zero-order valence-electron chi connectivity index (χ0n) is 11.7. The van der Waals surface area contributed by atoms with E-state index < -0.39 is 0 Å². The molecule has 1 aliphatic heterocycles. The summed E-state index contributed by atoms with van der Waals surface area (Å²) in [5.74, 6) is 0.821. The maximum Gasteiger partial charge on any atom is 0.257 e. The van der Waals surface area contributed by atoms with Gasteiger partial charge in [0, 0.05) is 46.5 Å². The van der Waals surface area contributed by atoms with Crippen LogP contribution in [0.15, 0.2) is 18.3 Å². The number of anilines is 1. The Morgan fingerprint density at radius 3 is 2.47 bits per heavy atom. The van der Waals surface area contributed by atoms with E-state index in [1.54, 1.807) is 25.2 Å². The van der Waals surface area contributed by atoms with Crippen LogP contribution in [0.5, 0.6) is 0 Å². The van der Waals surface area contributed by atoms with Crippen LogP contribution < -0.4 is 4.90 Å². The third-order valence-corrected chi connectivity index (χ3v) is 3.23. The highest BCUT2D eigenvalue weighted by atomic mass is 35.5. The summed E-state index contributed by atoms with van der Waals surface area (Å²) in [6, 6.07) is 3.67. The molecule has 0 aromatic carbocycles. The molecule has 1 amide bonds. The second-order valence-corrected chi connectivity index (χ2v) is 4.86. The van der Waals surface area contributed by atoms with Crippen molar-refractivity contribution in [2.24, 2.45) is 0 Å². The number of rotatable bonds is 2. The van der Waals surface area contributed by atoms with Crippen LogP contribution in [0.2, 0.25) is 0 Å². The van der Waals surface area contributed by atoms with Gasteiger partial charge in [-0.05, 0) is 19.2 Å². The zero-order valence-corrected chi connectivity index (χ0v) is 12.5. The average Bonchev–Trinajstić information content (AvgIpc) is 2.39. The van der Waals surface area contributed by atoms with Crippen LogP contribution in [0, 0.1) is 0 Å². The zero-order chi connectivity index (χ0) is 13.1. The van der Waals surface area contributed by atoms with Crippen molar-refractivity contribution < 1.29 is 4.79 Å². The van der Waals surface area contributed by atoms with Gasteiger partial charge in [-0.1, -0.05) is 0 Å². The number of likely N-dealkylation sites (N-methyl/N-ethyl adjacent to an activating group) is 1. The third-order valence-electron chi connectivity index (χ3n) is 3.23.